The summed E-state index contributed by atoms with van der Waals surface area (Å²) in [4.78, 5) is 10.8. The van der Waals surface area contributed by atoms with E-state index in [1.165, 1.54) is 7.11 Å². The Morgan fingerprint density at radius 3 is 2.91 bits per heavy atom. The second kappa shape index (κ2) is 2.79. The molecule has 0 heterocycles. The number of methoxy groups -OCH3 is 1. The Labute approximate surface area is 65.3 Å². The first-order chi connectivity index (χ1) is 5.12. The molecule has 1 fully saturated rings. The van der Waals surface area contributed by atoms with Crippen LogP contribution in [0.1, 0.15) is 12.8 Å². The number of carbonyl (C=O) groups is 1. The van der Waals surface area contributed by atoms with Crippen LogP contribution in [0.4, 0.5) is 0 Å². The number of hydrogen-bond acceptors (Lipinski definition) is 3. The topological polar surface area (TPSA) is 74.2 Å². The molecule has 0 aromatic heterocycles. The Morgan fingerprint density at radius 1 is 1.91 bits per heavy atom. The van der Waals surface area contributed by atoms with Crippen LogP contribution < -0.4 is 5.73 Å². The number of quaternary nitrogens is 1. The summed E-state index contributed by atoms with van der Waals surface area (Å²) in [7, 11) is 1.36. The van der Waals surface area contributed by atoms with Crippen LogP contribution in [0.25, 0.3) is 0 Å². The first-order valence-corrected chi connectivity index (χ1v) is 3.65. The van der Waals surface area contributed by atoms with Gasteiger partial charge in [-0.2, -0.15) is 0 Å². The molecule has 0 bridgehead atoms. The summed E-state index contributed by atoms with van der Waals surface area (Å²) in [5, 5.41) is 8.74. The van der Waals surface area contributed by atoms with Crippen molar-refractivity contribution in [2.45, 2.75) is 18.4 Å². The third kappa shape index (κ3) is 1.70. The number of aliphatic hydroxyl groups excluding tert-OH is 1. The summed E-state index contributed by atoms with van der Waals surface area (Å²) in [5.74, 6) is -0.0439. The molecule has 4 N–H and O–H groups in total. The highest BCUT2D eigenvalue weighted by Gasteiger charge is 2.56. The Balaban J connectivity index is 2.33. The van der Waals surface area contributed by atoms with Gasteiger partial charge in [0.2, 0.25) is 0 Å². The number of hydrogen-bond donors (Lipinski definition) is 2. The number of ether oxygens (including phenoxy) is 1. The van der Waals surface area contributed by atoms with Gasteiger partial charge in [0.1, 0.15) is 12.0 Å². The molecule has 0 amide bonds. The largest absolute Gasteiger partial charge is 0.469 e. The summed E-state index contributed by atoms with van der Waals surface area (Å²) in [6.45, 7) is 0.125. The minimum Gasteiger partial charge on any atom is -0.469 e. The third-order valence-corrected chi connectivity index (χ3v) is 2.30. The van der Waals surface area contributed by atoms with Gasteiger partial charge in [-0.1, -0.05) is 0 Å². The van der Waals surface area contributed by atoms with Crippen LogP contribution in [0, 0.1) is 5.92 Å². The highest BCUT2D eigenvalue weighted by molar-refractivity contribution is 5.71. The minimum atomic E-state index is -0.240. The van der Waals surface area contributed by atoms with E-state index in [1.807, 2.05) is 0 Å². The molecule has 0 radical (unpaired) electrons. The van der Waals surface area contributed by atoms with Crippen molar-refractivity contribution in [1.82, 2.24) is 0 Å². The molecule has 11 heavy (non-hydrogen) atoms. The average Bonchev–Trinajstić information content (AvgIpc) is 2.61. The normalized spacial score (nSPS) is 35.0. The van der Waals surface area contributed by atoms with Crippen LogP contribution in [0.3, 0.4) is 0 Å². The zero-order valence-electron chi connectivity index (χ0n) is 6.67. The predicted octanol–water partition coefficient (Wildman–Crippen LogP) is -1.46. The van der Waals surface area contributed by atoms with Gasteiger partial charge < -0.3 is 15.6 Å². The van der Waals surface area contributed by atoms with Gasteiger partial charge in [0.25, 0.3) is 0 Å². The van der Waals surface area contributed by atoms with E-state index >= 15 is 0 Å². The van der Waals surface area contributed by atoms with Crippen molar-refractivity contribution in [3.8, 4) is 0 Å². The summed E-state index contributed by atoms with van der Waals surface area (Å²) < 4.78 is 4.50. The summed E-state index contributed by atoms with van der Waals surface area (Å²) in [5.41, 5.74) is 3.63. The van der Waals surface area contributed by atoms with Crippen molar-refractivity contribution in [2.24, 2.45) is 5.92 Å². The van der Waals surface area contributed by atoms with Crippen molar-refractivity contribution < 1.29 is 20.4 Å². The predicted molar refractivity (Wildman–Crippen MR) is 37.4 cm³/mol. The maximum atomic E-state index is 10.8. The monoisotopic (exact) mass is 160 g/mol. The SMILES string of the molecule is COC(=O)C[C@@]1([NH3+])C[C@H]1CO. The molecule has 0 unspecified atom stereocenters. The van der Waals surface area contributed by atoms with Crippen LogP contribution in [0.15, 0.2) is 0 Å². The molecule has 1 aliphatic carbocycles. The zero-order chi connectivity index (χ0) is 8.48. The molecule has 0 spiro atoms. The number of aliphatic hydroxyl groups is 1. The van der Waals surface area contributed by atoms with E-state index in [2.05, 4.69) is 10.5 Å². The summed E-state index contributed by atoms with van der Waals surface area (Å²) >= 11 is 0. The van der Waals surface area contributed by atoms with Crippen LogP contribution >= 0.6 is 0 Å². The lowest BCUT2D eigenvalue weighted by Gasteiger charge is -2.04. The second-order valence-electron chi connectivity index (χ2n) is 3.20. The van der Waals surface area contributed by atoms with Gasteiger partial charge >= 0.3 is 5.97 Å². The molecule has 1 aliphatic rings. The Kier molecular flexibility index (Phi) is 2.15. The van der Waals surface area contributed by atoms with Crippen LogP contribution in [0.2, 0.25) is 0 Å². The maximum Gasteiger partial charge on any atom is 0.311 e. The molecular weight excluding hydrogens is 146 g/mol. The van der Waals surface area contributed by atoms with Gasteiger partial charge in [-0.15, -0.1) is 0 Å². The van der Waals surface area contributed by atoms with E-state index in [1.54, 1.807) is 0 Å². The smallest absolute Gasteiger partial charge is 0.311 e. The summed E-state index contributed by atoms with van der Waals surface area (Å²) in [6.07, 6.45) is 1.16. The molecule has 64 valence electrons. The van der Waals surface area contributed by atoms with Gasteiger partial charge in [0.15, 0.2) is 0 Å². The van der Waals surface area contributed by atoms with Crippen LogP contribution in [0.5, 0.6) is 0 Å². The fraction of sp³-hybridized carbons (Fsp3) is 0.857. The molecule has 0 aromatic carbocycles. The van der Waals surface area contributed by atoms with Crippen LogP contribution in [-0.2, 0) is 9.53 Å². The Hall–Kier alpha value is -0.610. The zero-order valence-corrected chi connectivity index (χ0v) is 6.67. The molecule has 4 nitrogen and oxygen atoms in total. The van der Waals surface area contributed by atoms with Gasteiger partial charge in [-0.3, -0.25) is 4.79 Å². The fourth-order valence-electron chi connectivity index (χ4n) is 1.27. The first kappa shape index (κ1) is 8.49. The molecule has 1 saturated carbocycles. The third-order valence-electron chi connectivity index (χ3n) is 2.30. The van der Waals surface area contributed by atoms with E-state index in [-0.39, 0.29) is 24.0 Å². The minimum absolute atomic E-state index is 0.125. The van der Waals surface area contributed by atoms with E-state index in [9.17, 15) is 4.79 Å². The van der Waals surface area contributed by atoms with E-state index in [4.69, 9.17) is 5.11 Å². The standard InChI is InChI=1S/C7H13NO3/c1-11-6(10)3-7(8)2-5(7)4-9/h5,9H,2-4,8H2,1H3/p+1/t5-,7-/m0/s1. The Morgan fingerprint density at radius 2 is 2.55 bits per heavy atom. The van der Waals surface area contributed by atoms with Gasteiger partial charge in [0.05, 0.1) is 13.7 Å². The highest BCUT2D eigenvalue weighted by atomic mass is 16.5. The van der Waals surface area contributed by atoms with Crippen molar-refractivity contribution in [3.05, 3.63) is 0 Å². The summed E-state index contributed by atoms with van der Waals surface area (Å²) in [6, 6.07) is 0. The Bertz CT molecular complexity index is 171. The lowest BCUT2D eigenvalue weighted by atomic mass is 10.1. The van der Waals surface area contributed by atoms with E-state index in [0.717, 1.165) is 6.42 Å². The van der Waals surface area contributed by atoms with Crippen molar-refractivity contribution >= 4 is 5.97 Å². The van der Waals surface area contributed by atoms with E-state index in [0.29, 0.717) is 6.42 Å². The maximum absolute atomic E-state index is 10.8. The highest BCUT2D eigenvalue weighted by Crippen LogP contribution is 2.41. The number of esters is 1. The molecule has 1 rings (SSSR count). The van der Waals surface area contributed by atoms with Crippen molar-refractivity contribution in [3.63, 3.8) is 0 Å². The number of carbonyl (C=O) groups excluding carboxylic acids is 1. The quantitative estimate of drug-likeness (QED) is 0.496. The molecular formula is C7H14NO3+. The van der Waals surface area contributed by atoms with E-state index < -0.39 is 0 Å². The molecule has 4 heteroatoms. The van der Waals surface area contributed by atoms with Crippen molar-refractivity contribution in [2.75, 3.05) is 13.7 Å². The average molecular weight is 160 g/mol. The van der Waals surface area contributed by atoms with Crippen LogP contribution in [-0.4, -0.2) is 30.3 Å². The molecule has 0 aromatic rings. The molecule has 0 aliphatic heterocycles. The second-order valence-corrected chi connectivity index (χ2v) is 3.20. The first-order valence-electron chi connectivity index (χ1n) is 3.65. The fourth-order valence-corrected chi connectivity index (χ4v) is 1.27. The molecule has 0 saturated heterocycles. The van der Waals surface area contributed by atoms with Gasteiger partial charge in [0, 0.05) is 12.3 Å². The molecule has 2 atom stereocenters. The van der Waals surface area contributed by atoms with Crippen molar-refractivity contribution in [1.29, 1.82) is 0 Å². The lowest BCUT2D eigenvalue weighted by molar-refractivity contribution is -0.443. The number of rotatable bonds is 3. The lowest BCUT2D eigenvalue weighted by Crippen LogP contribution is -2.66. The van der Waals surface area contributed by atoms with Gasteiger partial charge in [-0.25, -0.2) is 0 Å². The van der Waals surface area contributed by atoms with Gasteiger partial charge in [-0.05, 0) is 0 Å².